The van der Waals surface area contributed by atoms with Gasteiger partial charge in [0.05, 0.1) is 19.3 Å². The third-order valence-corrected chi connectivity index (χ3v) is 4.14. The summed E-state index contributed by atoms with van der Waals surface area (Å²) in [6.07, 6.45) is 4.80. The van der Waals surface area contributed by atoms with Crippen LogP contribution in [0, 0.1) is 5.41 Å². The molecular weight excluding hydrogens is 264 g/mol. The summed E-state index contributed by atoms with van der Waals surface area (Å²) in [6, 6.07) is 7.90. The topological polar surface area (TPSA) is 50.4 Å². The van der Waals surface area contributed by atoms with Crippen LogP contribution in [0.2, 0.25) is 0 Å². The third kappa shape index (κ3) is 4.74. The Kier molecular flexibility index (Phi) is 5.23. The number of hydrogen-bond acceptors (Lipinski definition) is 3. The Balaban J connectivity index is 1.82. The maximum absolute atomic E-state index is 12.1. The van der Waals surface area contributed by atoms with Gasteiger partial charge in [0.2, 0.25) is 5.91 Å². The van der Waals surface area contributed by atoms with E-state index >= 15 is 0 Å². The number of hydrogen-bond donors (Lipinski definition) is 2. The van der Waals surface area contributed by atoms with Gasteiger partial charge in [-0.3, -0.25) is 4.79 Å². The van der Waals surface area contributed by atoms with Gasteiger partial charge in [-0.1, -0.05) is 32.4 Å². The molecule has 1 aliphatic carbocycles. The summed E-state index contributed by atoms with van der Waals surface area (Å²) in [4.78, 5) is 12.1. The van der Waals surface area contributed by atoms with Crippen LogP contribution in [0.3, 0.4) is 0 Å². The number of ether oxygens (including phenoxy) is 1. The largest absolute Gasteiger partial charge is 0.495 e. The van der Waals surface area contributed by atoms with Gasteiger partial charge >= 0.3 is 0 Å². The first-order valence-electron chi connectivity index (χ1n) is 7.66. The first kappa shape index (κ1) is 15.8. The lowest BCUT2D eigenvalue weighted by Gasteiger charge is -2.35. The van der Waals surface area contributed by atoms with Gasteiger partial charge in [0.25, 0.3) is 0 Å². The molecule has 1 atom stereocenters. The van der Waals surface area contributed by atoms with Crippen molar-refractivity contribution in [3.05, 3.63) is 24.3 Å². The van der Waals surface area contributed by atoms with E-state index in [1.807, 2.05) is 24.3 Å². The number of carbonyl (C=O) groups excluding carboxylic acids is 1. The van der Waals surface area contributed by atoms with Crippen LogP contribution in [0.4, 0.5) is 5.69 Å². The molecule has 2 N–H and O–H groups in total. The van der Waals surface area contributed by atoms with Gasteiger partial charge in [-0.2, -0.15) is 0 Å². The Bertz CT molecular complexity index is 485. The average Bonchev–Trinajstić information content (AvgIpc) is 2.45. The van der Waals surface area contributed by atoms with Gasteiger partial charge in [-0.25, -0.2) is 0 Å². The molecule has 0 saturated heterocycles. The van der Waals surface area contributed by atoms with Crippen molar-refractivity contribution in [2.75, 3.05) is 19.0 Å². The predicted molar refractivity (Wildman–Crippen MR) is 85.7 cm³/mol. The van der Waals surface area contributed by atoms with Gasteiger partial charge in [0, 0.05) is 6.04 Å². The minimum atomic E-state index is -0.0251. The molecule has 1 aliphatic rings. The molecule has 1 amide bonds. The van der Waals surface area contributed by atoms with E-state index in [0.29, 0.717) is 23.8 Å². The molecule has 1 saturated carbocycles. The highest BCUT2D eigenvalue weighted by Gasteiger charge is 2.27. The lowest BCUT2D eigenvalue weighted by molar-refractivity contribution is -0.115. The number of benzene rings is 1. The molecule has 0 radical (unpaired) electrons. The molecule has 1 fully saturated rings. The lowest BCUT2D eigenvalue weighted by atomic mass is 9.75. The fraction of sp³-hybridized carbons (Fsp3) is 0.588. The first-order chi connectivity index (χ1) is 10.00. The Morgan fingerprint density at radius 1 is 1.38 bits per heavy atom. The van der Waals surface area contributed by atoms with E-state index in [4.69, 9.17) is 4.74 Å². The predicted octanol–water partition coefficient (Wildman–Crippen LogP) is 3.19. The quantitative estimate of drug-likeness (QED) is 0.875. The molecular formula is C17H26N2O2. The molecule has 21 heavy (non-hydrogen) atoms. The molecule has 0 bridgehead atoms. The van der Waals surface area contributed by atoms with Gasteiger partial charge in [0.1, 0.15) is 5.75 Å². The van der Waals surface area contributed by atoms with Crippen molar-refractivity contribution in [1.82, 2.24) is 5.32 Å². The highest BCUT2D eigenvalue weighted by atomic mass is 16.5. The maximum Gasteiger partial charge on any atom is 0.238 e. The van der Waals surface area contributed by atoms with Crippen LogP contribution in [0.5, 0.6) is 5.75 Å². The van der Waals surface area contributed by atoms with E-state index in [2.05, 4.69) is 24.5 Å². The highest BCUT2D eigenvalue weighted by molar-refractivity contribution is 5.93. The van der Waals surface area contributed by atoms with E-state index < -0.39 is 0 Å². The van der Waals surface area contributed by atoms with Crippen LogP contribution < -0.4 is 15.4 Å². The van der Waals surface area contributed by atoms with E-state index in [0.717, 1.165) is 18.5 Å². The highest BCUT2D eigenvalue weighted by Crippen LogP contribution is 2.35. The summed E-state index contributed by atoms with van der Waals surface area (Å²) in [5.74, 6) is 0.660. The molecule has 4 heteroatoms. The van der Waals surface area contributed by atoms with E-state index in [1.54, 1.807) is 7.11 Å². The van der Waals surface area contributed by atoms with Crippen LogP contribution in [-0.4, -0.2) is 25.6 Å². The summed E-state index contributed by atoms with van der Waals surface area (Å²) in [5, 5.41) is 6.28. The second kappa shape index (κ2) is 6.94. The Morgan fingerprint density at radius 3 is 2.86 bits per heavy atom. The van der Waals surface area contributed by atoms with Crippen LogP contribution in [0.15, 0.2) is 24.3 Å². The Hall–Kier alpha value is -1.55. The van der Waals surface area contributed by atoms with Crippen molar-refractivity contribution in [2.24, 2.45) is 5.41 Å². The summed E-state index contributed by atoms with van der Waals surface area (Å²) in [5.41, 5.74) is 1.10. The SMILES string of the molecule is COc1ccccc1NC(=O)CNC1CCCC(C)(C)C1. The average molecular weight is 290 g/mol. The lowest BCUT2D eigenvalue weighted by Crippen LogP contribution is -2.41. The van der Waals surface area contributed by atoms with Crippen molar-refractivity contribution in [3.63, 3.8) is 0 Å². The van der Waals surface area contributed by atoms with Crippen LogP contribution in [0.25, 0.3) is 0 Å². The van der Waals surface area contributed by atoms with Crippen LogP contribution in [-0.2, 0) is 4.79 Å². The Labute approximate surface area is 127 Å². The number of carbonyl (C=O) groups is 1. The molecule has 0 heterocycles. The fourth-order valence-electron chi connectivity index (χ4n) is 3.05. The number of methoxy groups -OCH3 is 1. The van der Waals surface area contributed by atoms with Crippen molar-refractivity contribution in [1.29, 1.82) is 0 Å². The zero-order valence-corrected chi connectivity index (χ0v) is 13.2. The second-order valence-electron chi connectivity index (χ2n) is 6.59. The molecule has 1 aromatic carbocycles. The molecule has 0 aliphatic heterocycles. The maximum atomic E-state index is 12.1. The van der Waals surface area contributed by atoms with Gasteiger partial charge in [0.15, 0.2) is 0 Å². The number of para-hydroxylation sites is 2. The molecule has 2 rings (SSSR count). The number of nitrogens with one attached hydrogen (secondary N) is 2. The summed E-state index contributed by atoms with van der Waals surface area (Å²) in [7, 11) is 1.60. The number of amides is 1. The molecule has 1 aromatic rings. The van der Waals surface area contributed by atoms with Crippen LogP contribution in [0.1, 0.15) is 39.5 Å². The zero-order chi connectivity index (χ0) is 15.3. The van der Waals surface area contributed by atoms with Crippen molar-refractivity contribution in [2.45, 2.75) is 45.6 Å². The minimum Gasteiger partial charge on any atom is -0.495 e. The van der Waals surface area contributed by atoms with E-state index in [9.17, 15) is 4.79 Å². The first-order valence-corrected chi connectivity index (χ1v) is 7.66. The molecule has 116 valence electrons. The summed E-state index contributed by atoms with van der Waals surface area (Å²) >= 11 is 0. The smallest absolute Gasteiger partial charge is 0.238 e. The summed E-state index contributed by atoms with van der Waals surface area (Å²) in [6.45, 7) is 4.95. The van der Waals surface area contributed by atoms with Gasteiger partial charge < -0.3 is 15.4 Å². The Morgan fingerprint density at radius 2 is 2.14 bits per heavy atom. The normalized spacial score (nSPS) is 20.8. The van der Waals surface area contributed by atoms with Crippen molar-refractivity contribution in [3.8, 4) is 5.75 Å². The minimum absolute atomic E-state index is 0.0251. The zero-order valence-electron chi connectivity index (χ0n) is 13.2. The molecule has 0 aromatic heterocycles. The van der Waals surface area contributed by atoms with Gasteiger partial charge in [-0.15, -0.1) is 0 Å². The summed E-state index contributed by atoms with van der Waals surface area (Å²) < 4.78 is 5.23. The molecule has 0 spiro atoms. The fourth-order valence-corrected chi connectivity index (χ4v) is 3.05. The van der Waals surface area contributed by atoms with E-state index in [-0.39, 0.29) is 5.91 Å². The van der Waals surface area contributed by atoms with Gasteiger partial charge in [-0.05, 0) is 36.8 Å². The van der Waals surface area contributed by atoms with E-state index in [1.165, 1.54) is 12.8 Å². The monoisotopic (exact) mass is 290 g/mol. The molecule has 4 nitrogen and oxygen atoms in total. The number of rotatable bonds is 5. The second-order valence-corrected chi connectivity index (χ2v) is 6.59. The molecule has 1 unspecified atom stereocenters. The van der Waals surface area contributed by atoms with Crippen molar-refractivity contribution >= 4 is 11.6 Å². The van der Waals surface area contributed by atoms with Crippen LogP contribution >= 0.6 is 0 Å². The number of anilines is 1. The standard InChI is InChI=1S/C17H26N2O2/c1-17(2)10-6-7-13(11-17)18-12-16(20)19-14-8-4-5-9-15(14)21-3/h4-5,8-9,13,18H,6-7,10-12H2,1-3H3,(H,19,20). The van der Waals surface area contributed by atoms with Crippen molar-refractivity contribution < 1.29 is 9.53 Å². The third-order valence-electron chi connectivity index (χ3n) is 4.14.